The molecule has 3 N–H and O–H groups in total. The average Bonchev–Trinajstić information content (AvgIpc) is 3.36. The zero-order valence-electron chi connectivity index (χ0n) is 15.5. The van der Waals surface area contributed by atoms with Crippen LogP contribution in [-0.4, -0.2) is 27.6 Å². The van der Waals surface area contributed by atoms with Crippen molar-refractivity contribution in [2.24, 2.45) is 11.3 Å². The highest BCUT2D eigenvalue weighted by molar-refractivity contribution is 5.86. The Bertz CT molecular complexity index is 830. The molecule has 2 aromatic heterocycles. The number of fused-ring (bicyclic) bond motifs is 1. The molecule has 2 aliphatic carbocycles. The molecule has 0 aromatic carbocycles. The van der Waals surface area contributed by atoms with E-state index >= 15 is 0 Å². The molecule has 138 valence electrons. The minimum atomic E-state index is 0.533. The van der Waals surface area contributed by atoms with Gasteiger partial charge in [-0.05, 0) is 81.9 Å². The molecule has 2 aromatic rings. The number of nitrogen functional groups attached to an aromatic ring is 1. The van der Waals surface area contributed by atoms with Crippen LogP contribution in [0, 0.1) is 11.3 Å². The topological polar surface area (TPSA) is 68.8 Å². The zero-order chi connectivity index (χ0) is 17.6. The Morgan fingerprint density at radius 2 is 2.08 bits per heavy atom. The Morgan fingerprint density at radius 1 is 1.19 bits per heavy atom. The third kappa shape index (κ3) is 2.64. The minimum Gasteiger partial charge on any atom is -0.383 e. The van der Waals surface area contributed by atoms with Gasteiger partial charge < -0.3 is 15.6 Å². The summed E-state index contributed by atoms with van der Waals surface area (Å²) in [7, 11) is 0. The maximum atomic E-state index is 6.01. The molecule has 1 saturated heterocycles. The Kier molecular flexibility index (Phi) is 4.00. The molecule has 26 heavy (non-hydrogen) atoms. The van der Waals surface area contributed by atoms with Crippen LogP contribution in [0.4, 0.5) is 5.82 Å². The number of nitrogens with one attached hydrogen (secondary N) is 1. The predicted molar refractivity (Wildman–Crippen MR) is 105 cm³/mol. The molecule has 0 amide bonds. The van der Waals surface area contributed by atoms with Gasteiger partial charge in [0, 0.05) is 12.2 Å². The van der Waals surface area contributed by atoms with Crippen LogP contribution in [0.5, 0.6) is 0 Å². The fraction of sp³-hybridized carbons (Fsp3) is 0.619. The molecule has 3 aliphatic rings. The van der Waals surface area contributed by atoms with E-state index in [2.05, 4.69) is 38.2 Å². The van der Waals surface area contributed by atoms with E-state index in [1.165, 1.54) is 64.5 Å². The van der Waals surface area contributed by atoms with Crippen molar-refractivity contribution in [1.82, 2.24) is 19.9 Å². The number of aromatic nitrogens is 3. The van der Waals surface area contributed by atoms with Crippen LogP contribution in [0.15, 0.2) is 30.2 Å². The fourth-order valence-electron chi connectivity index (χ4n) is 5.76. The van der Waals surface area contributed by atoms with Crippen LogP contribution in [0.25, 0.3) is 11.0 Å². The van der Waals surface area contributed by atoms with E-state index in [-0.39, 0.29) is 0 Å². The highest BCUT2D eigenvalue weighted by Crippen LogP contribution is 2.50. The smallest absolute Gasteiger partial charge is 0.145 e. The molecule has 0 bridgehead atoms. The number of hydrogen-bond donors (Lipinski definition) is 2. The number of allylic oxidation sites excluding steroid dienone is 2. The molecule has 0 radical (unpaired) electrons. The van der Waals surface area contributed by atoms with Crippen molar-refractivity contribution in [3.8, 4) is 0 Å². The van der Waals surface area contributed by atoms with Crippen molar-refractivity contribution in [3.05, 3.63) is 30.2 Å². The summed E-state index contributed by atoms with van der Waals surface area (Å²) >= 11 is 0. The number of rotatable bonds is 3. The Balaban J connectivity index is 1.31. The molecule has 1 spiro atoms. The first-order chi connectivity index (χ1) is 12.8. The van der Waals surface area contributed by atoms with Crippen molar-refractivity contribution < 1.29 is 0 Å². The summed E-state index contributed by atoms with van der Waals surface area (Å²) in [5.41, 5.74) is 9.32. The number of piperidine rings is 1. The SMILES string of the molecule is Nc1ncnc2c1ccn2[C@H]1CC[C@@H](CC2=CCCC23CCNCC3)C1. The molecule has 1 aliphatic heterocycles. The molecular weight excluding hydrogens is 322 g/mol. The van der Waals surface area contributed by atoms with Gasteiger partial charge in [0.15, 0.2) is 0 Å². The van der Waals surface area contributed by atoms with Gasteiger partial charge >= 0.3 is 0 Å². The Hall–Kier alpha value is -1.88. The second kappa shape index (κ2) is 6.38. The largest absolute Gasteiger partial charge is 0.383 e. The lowest BCUT2D eigenvalue weighted by atomic mass is 9.71. The highest BCUT2D eigenvalue weighted by Gasteiger charge is 2.39. The van der Waals surface area contributed by atoms with Crippen molar-refractivity contribution in [2.75, 3.05) is 18.8 Å². The molecular formula is C21H29N5. The van der Waals surface area contributed by atoms with Gasteiger partial charge in [-0.15, -0.1) is 0 Å². The van der Waals surface area contributed by atoms with Crippen LogP contribution >= 0.6 is 0 Å². The third-order valence-electron chi connectivity index (χ3n) is 7.21. The first-order valence-electron chi connectivity index (χ1n) is 10.2. The van der Waals surface area contributed by atoms with Gasteiger partial charge in [0.2, 0.25) is 0 Å². The molecule has 5 rings (SSSR count). The number of hydrogen-bond acceptors (Lipinski definition) is 4. The number of nitrogens with two attached hydrogens (primary N) is 1. The van der Waals surface area contributed by atoms with E-state index in [1.807, 2.05) is 0 Å². The van der Waals surface area contributed by atoms with Crippen LogP contribution in [-0.2, 0) is 0 Å². The van der Waals surface area contributed by atoms with E-state index in [0.717, 1.165) is 17.0 Å². The minimum absolute atomic E-state index is 0.533. The van der Waals surface area contributed by atoms with E-state index in [0.29, 0.717) is 17.3 Å². The van der Waals surface area contributed by atoms with Gasteiger partial charge in [0.25, 0.3) is 0 Å². The molecule has 1 saturated carbocycles. The fourth-order valence-corrected chi connectivity index (χ4v) is 5.76. The van der Waals surface area contributed by atoms with Gasteiger partial charge in [0.1, 0.15) is 17.8 Å². The second-order valence-electron chi connectivity index (χ2n) is 8.55. The van der Waals surface area contributed by atoms with Gasteiger partial charge in [-0.3, -0.25) is 0 Å². The summed E-state index contributed by atoms with van der Waals surface area (Å²) in [5.74, 6) is 1.40. The molecule has 0 unspecified atom stereocenters. The molecule has 5 heteroatoms. The van der Waals surface area contributed by atoms with E-state index in [9.17, 15) is 0 Å². The van der Waals surface area contributed by atoms with Crippen molar-refractivity contribution in [1.29, 1.82) is 0 Å². The number of anilines is 1. The van der Waals surface area contributed by atoms with Crippen LogP contribution in [0.3, 0.4) is 0 Å². The summed E-state index contributed by atoms with van der Waals surface area (Å²) < 4.78 is 2.34. The predicted octanol–water partition coefficient (Wildman–Crippen LogP) is 3.83. The molecule has 2 fully saturated rings. The quantitative estimate of drug-likeness (QED) is 0.825. The van der Waals surface area contributed by atoms with Gasteiger partial charge in [-0.1, -0.05) is 11.6 Å². The Morgan fingerprint density at radius 3 is 2.96 bits per heavy atom. The van der Waals surface area contributed by atoms with E-state index < -0.39 is 0 Å². The summed E-state index contributed by atoms with van der Waals surface area (Å²) in [6, 6.07) is 2.62. The molecule has 3 heterocycles. The average molecular weight is 351 g/mol. The van der Waals surface area contributed by atoms with Gasteiger partial charge in [-0.2, -0.15) is 0 Å². The van der Waals surface area contributed by atoms with Gasteiger partial charge in [0.05, 0.1) is 5.39 Å². The van der Waals surface area contributed by atoms with Gasteiger partial charge in [-0.25, -0.2) is 9.97 Å². The lowest BCUT2D eigenvalue weighted by molar-refractivity contribution is 0.238. The summed E-state index contributed by atoms with van der Waals surface area (Å²) in [6.07, 6.45) is 16.8. The maximum Gasteiger partial charge on any atom is 0.145 e. The van der Waals surface area contributed by atoms with Crippen LogP contribution < -0.4 is 11.1 Å². The Labute approximate surface area is 155 Å². The lowest BCUT2D eigenvalue weighted by Gasteiger charge is -2.37. The second-order valence-corrected chi connectivity index (χ2v) is 8.55. The summed E-state index contributed by atoms with van der Waals surface area (Å²) in [5, 5.41) is 4.53. The van der Waals surface area contributed by atoms with Crippen LogP contribution in [0.1, 0.15) is 57.4 Å². The van der Waals surface area contributed by atoms with Crippen LogP contribution in [0.2, 0.25) is 0 Å². The summed E-state index contributed by atoms with van der Waals surface area (Å²) in [6.45, 7) is 2.39. The first-order valence-corrected chi connectivity index (χ1v) is 10.2. The maximum absolute atomic E-state index is 6.01. The highest BCUT2D eigenvalue weighted by atomic mass is 15.1. The zero-order valence-corrected chi connectivity index (χ0v) is 15.5. The summed E-state index contributed by atoms with van der Waals surface area (Å²) in [4.78, 5) is 8.62. The van der Waals surface area contributed by atoms with E-state index in [4.69, 9.17) is 5.73 Å². The van der Waals surface area contributed by atoms with Crippen molar-refractivity contribution in [3.63, 3.8) is 0 Å². The normalized spacial score (nSPS) is 28.1. The molecule has 5 nitrogen and oxygen atoms in total. The van der Waals surface area contributed by atoms with Crippen molar-refractivity contribution in [2.45, 2.75) is 57.4 Å². The monoisotopic (exact) mass is 351 g/mol. The number of nitrogens with zero attached hydrogens (tertiary/aromatic N) is 3. The molecule has 2 atom stereocenters. The van der Waals surface area contributed by atoms with Crippen molar-refractivity contribution >= 4 is 16.9 Å². The lowest BCUT2D eigenvalue weighted by Crippen LogP contribution is -2.36. The third-order valence-corrected chi connectivity index (χ3v) is 7.21. The standard InChI is InChI=1S/C21H29N5/c22-19-18-5-11-26(20(18)25-14-24-19)17-4-3-15(13-17)12-16-2-1-6-21(16)7-9-23-10-8-21/h2,5,11,14-15,17,23H,1,3-4,6-10,12-13H2,(H2,22,24,25)/t15-,17-/m0/s1. The first kappa shape index (κ1) is 16.3. The van der Waals surface area contributed by atoms with E-state index in [1.54, 1.807) is 11.9 Å².